The SMILES string of the molecule is C=CC(=O)N1CC[C@H](C(=O)N(C)[C@H](C(=O)N[C@H]2Cc3cc(OC(C)=O)cc(c3)-c3ccc4c(c3)c(c(-c3ccccc3CN(C)C)n4CC)CC(C)(C)COC(=O)[C@@H]3CCCN(C2=O)[N+]3=C)C(C)C)C1. The molecular formula is C55H70N7O8+. The number of likely N-dealkylation sites (tertiary alicyclic amines) is 1. The van der Waals surface area contributed by atoms with Crippen molar-refractivity contribution >= 4 is 53.2 Å². The maximum atomic E-state index is 15.1. The monoisotopic (exact) mass is 957 g/mol. The molecule has 7 rings (SSSR count). The van der Waals surface area contributed by atoms with Gasteiger partial charge < -0.3 is 34.1 Å². The van der Waals surface area contributed by atoms with Crippen LogP contribution in [0.5, 0.6) is 5.75 Å². The lowest BCUT2D eigenvalue weighted by atomic mass is 9.84. The van der Waals surface area contributed by atoms with Crippen molar-refractivity contribution in [2.75, 3.05) is 47.4 Å². The molecule has 15 nitrogen and oxygen atoms in total. The maximum absolute atomic E-state index is 15.1. The van der Waals surface area contributed by atoms with Gasteiger partial charge in [-0.1, -0.05) is 70.7 Å². The second-order valence-electron chi connectivity index (χ2n) is 20.5. The van der Waals surface area contributed by atoms with E-state index in [9.17, 15) is 24.0 Å². The Kier molecular flexibility index (Phi) is 15.5. The van der Waals surface area contributed by atoms with Crippen LogP contribution in [0.1, 0.15) is 77.5 Å². The van der Waals surface area contributed by atoms with E-state index in [0.717, 1.165) is 45.4 Å². The lowest BCUT2D eigenvalue weighted by Crippen LogP contribution is -2.60. The van der Waals surface area contributed by atoms with Gasteiger partial charge in [-0.25, -0.2) is 4.79 Å². The Bertz CT molecular complexity index is 2720. The average molecular weight is 957 g/mol. The van der Waals surface area contributed by atoms with E-state index in [-0.39, 0.29) is 49.6 Å². The summed E-state index contributed by atoms with van der Waals surface area (Å²) in [4.78, 5) is 88.1. The van der Waals surface area contributed by atoms with Gasteiger partial charge >= 0.3 is 11.9 Å². The maximum Gasteiger partial charge on any atom is 0.378 e. The number of cyclic esters (lactones) is 1. The van der Waals surface area contributed by atoms with Gasteiger partial charge in [0.15, 0.2) is 6.72 Å². The zero-order valence-electron chi connectivity index (χ0n) is 42.4. The first kappa shape index (κ1) is 51.2. The highest BCUT2D eigenvalue weighted by atomic mass is 16.5. The minimum absolute atomic E-state index is 0.0451. The van der Waals surface area contributed by atoms with E-state index in [1.54, 1.807) is 18.0 Å². The fourth-order valence-electron chi connectivity index (χ4n) is 10.6. The normalized spacial score (nSPS) is 20.0. The lowest BCUT2D eigenvalue weighted by molar-refractivity contribution is -0.693. The summed E-state index contributed by atoms with van der Waals surface area (Å²) in [6.45, 7) is 21.5. The van der Waals surface area contributed by atoms with Crippen LogP contribution >= 0.6 is 0 Å². The second-order valence-corrected chi connectivity index (χ2v) is 20.5. The lowest BCUT2D eigenvalue weighted by Gasteiger charge is -2.34. The molecule has 6 bridgehead atoms. The number of esters is 2. The summed E-state index contributed by atoms with van der Waals surface area (Å²) in [5, 5.41) is 5.46. The molecule has 0 saturated carbocycles. The molecule has 4 heterocycles. The zero-order valence-corrected chi connectivity index (χ0v) is 42.4. The summed E-state index contributed by atoms with van der Waals surface area (Å²) in [5.74, 6) is -3.25. The Labute approximate surface area is 412 Å². The van der Waals surface area contributed by atoms with Crippen LogP contribution in [-0.4, -0.2) is 137 Å². The van der Waals surface area contributed by atoms with Crippen LogP contribution in [0, 0.1) is 17.3 Å². The van der Waals surface area contributed by atoms with E-state index in [4.69, 9.17) is 9.47 Å². The third-order valence-corrected chi connectivity index (χ3v) is 13.9. The molecule has 15 heteroatoms. The van der Waals surface area contributed by atoms with Crippen LogP contribution in [0.3, 0.4) is 0 Å². The van der Waals surface area contributed by atoms with Crippen molar-refractivity contribution in [1.29, 1.82) is 0 Å². The van der Waals surface area contributed by atoms with Gasteiger partial charge in [-0.2, -0.15) is 0 Å². The van der Waals surface area contributed by atoms with Crippen molar-refractivity contribution in [3.63, 3.8) is 0 Å². The predicted octanol–water partition coefficient (Wildman–Crippen LogP) is 6.27. The number of aryl methyl sites for hydroxylation is 1. The number of nitrogens with zero attached hydrogens (tertiary/aromatic N) is 6. The topological polar surface area (TPSA) is 154 Å². The molecule has 1 N–H and O–H groups in total. The van der Waals surface area contributed by atoms with Gasteiger partial charge in [0.05, 0.1) is 24.8 Å². The number of carbonyl (C=O) groups is 6. The second kappa shape index (κ2) is 21.2. The molecule has 0 spiro atoms. The van der Waals surface area contributed by atoms with Crippen LogP contribution in [-0.2, 0) is 59.4 Å². The molecule has 0 unspecified atom stereocenters. The number of benzene rings is 3. The van der Waals surface area contributed by atoms with Crippen LogP contribution in [0.25, 0.3) is 33.3 Å². The van der Waals surface area contributed by atoms with Gasteiger partial charge in [0, 0.05) is 74.9 Å². The van der Waals surface area contributed by atoms with Gasteiger partial charge in [-0.3, -0.25) is 24.0 Å². The number of likely N-dealkylation sites (N-methyl/N-ethyl adjacent to an activating group) is 1. The predicted molar refractivity (Wildman–Crippen MR) is 270 cm³/mol. The molecule has 2 saturated heterocycles. The molecule has 70 heavy (non-hydrogen) atoms. The van der Waals surface area contributed by atoms with Gasteiger partial charge in [0.2, 0.25) is 17.7 Å². The van der Waals surface area contributed by atoms with Crippen molar-refractivity contribution in [3.05, 3.63) is 90.0 Å². The summed E-state index contributed by atoms with van der Waals surface area (Å²) in [6, 6.07) is 17.2. The van der Waals surface area contributed by atoms with Gasteiger partial charge in [-0.05, 0) is 104 Å². The Morgan fingerprint density at radius 1 is 1.00 bits per heavy atom. The molecule has 372 valence electrons. The van der Waals surface area contributed by atoms with Crippen molar-refractivity contribution in [2.24, 2.45) is 17.3 Å². The summed E-state index contributed by atoms with van der Waals surface area (Å²) < 4.78 is 15.7. The number of hydrogen-bond donors (Lipinski definition) is 1. The number of amides is 4. The number of fused-ring (bicyclic) bond motifs is 6. The van der Waals surface area contributed by atoms with Crippen LogP contribution in [0.2, 0.25) is 0 Å². The van der Waals surface area contributed by atoms with E-state index >= 15 is 4.79 Å². The molecule has 4 amide bonds. The highest BCUT2D eigenvalue weighted by Gasteiger charge is 2.45. The summed E-state index contributed by atoms with van der Waals surface area (Å²) in [5.41, 5.74) is 7.15. The Morgan fingerprint density at radius 2 is 1.74 bits per heavy atom. The fraction of sp³-hybridized carbons (Fsp3) is 0.473. The number of nitrogens with one attached hydrogen (secondary N) is 1. The van der Waals surface area contributed by atoms with E-state index in [1.807, 2.05) is 32.0 Å². The van der Waals surface area contributed by atoms with Crippen molar-refractivity contribution in [3.8, 4) is 28.1 Å². The van der Waals surface area contributed by atoms with Crippen LogP contribution in [0.4, 0.5) is 0 Å². The van der Waals surface area contributed by atoms with E-state index in [0.29, 0.717) is 44.3 Å². The molecule has 0 aliphatic carbocycles. The molecule has 3 aliphatic rings. The molecule has 1 aromatic heterocycles. The van der Waals surface area contributed by atoms with E-state index in [1.165, 1.54) is 33.2 Å². The minimum atomic E-state index is -1.22. The van der Waals surface area contributed by atoms with Gasteiger partial charge in [0.1, 0.15) is 17.8 Å². The van der Waals surface area contributed by atoms with Gasteiger partial charge in [-0.15, -0.1) is 9.69 Å². The van der Waals surface area contributed by atoms with Crippen molar-refractivity contribution in [2.45, 2.75) is 105 Å². The van der Waals surface area contributed by atoms with Gasteiger partial charge in [0.25, 0.3) is 11.9 Å². The molecule has 2 fully saturated rings. The van der Waals surface area contributed by atoms with Crippen LogP contribution < -0.4 is 10.1 Å². The first-order valence-electron chi connectivity index (χ1n) is 24.5. The molecule has 3 aliphatic heterocycles. The Hall–Kier alpha value is -6.61. The quantitative estimate of drug-likeness (QED) is 0.0794. The third kappa shape index (κ3) is 10.9. The number of aromatic nitrogens is 1. The number of rotatable bonds is 11. The number of hydrazone groups is 1. The standard InChI is InChI=1S/C55H69N7O8/c1-12-48(64)60-24-22-39(32-60)52(66)58(10)49(34(3)4)51(65)56-45-27-36-25-40(28-41(26-36)70-35(5)63)37-20-21-46-43(29-37)44(50(61(46)13-2)42-18-15-14-17-38(42)31-57(8)9)30-55(6,7)33-69-54(68)47-19-16-23-62(53(45)67)59(47)11/h12,14-15,17-18,20-21,25-26,28-29,34,39,45,47,49H,1,11,13,16,19,22-24,27,30-33H2,2-10H3/p+1/t39-,45-,47-,49-/m0/s1. The summed E-state index contributed by atoms with van der Waals surface area (Å²) in [7, 11) is 5.70. The fourth-order valence-corrected chi connectivity index (χ4v) is 10.6. The molecule has 4 aromatic rings. The third-order valence-electron chi connectivity index (χ3n) is 13.9. The number of hydrogen-bond acceptors (Lipinski definition) is 9. The first-order chi connectivity index (χ1) is 33.2. The summed E-state index contributed by atoms with van der Waals surface area (Å²) >= 11 is 0. The minimum Gasteiger partial charge on any atom is -0.460 e. The largest absolute Gasteiger partial charge is 0.460 e. The summed E-state index contributed by atoms with van der Waals surface area (Å²) in [6.07, 6.45) is 3.06. The Balaban J connectivity index is 1.37. The smallest absolute Gasteiger partial charge is 0.378 e. The number of carbonyl (C=O) groups excluding carboxylic acids is 6. The zero-order chi connectivity index (χ0) is 50.8. The highest BCUT2D eigenvalue weighted by Crippen LogP contribution is 2.42. The average Bonchev–Trinajstić information content (AvgIpc) is 3.92. The number of ether oxygens (including phenoxy) is 2. The first-order valence-corrected chi connectivity index (χ1v) is 24.5. The van der Waals surface area contributed by atoms with E-state index in [2.05, 4.69) is 99.3 Å². The van der Waals surface area contributed by atoms with Crippen molar-refractivity contribution in [1.82, 2.24) is 29.6 Å². The number of hydrazine groups is 1. The molecular weight excluding hydrogens is 887 g/mol. The molecule has 4 atom stereocenters. The molecule has 0 radical (unpaired) electrons. The van der Waals surface area contributed by atoms with Crippen LogP contribution in [0.15, 0.2) is 73.3 Å². The molecule has 3 aromatic carbocycles. The highest BCUT2D eigenvalue weighted by molar-refractivity contribution is 5.96. The van der Waals surface area contributed by atoms with Crippen molar-refractivity contribution < 1.29 is 42.9 Å². The Morgan fingerprint density at radius 3 is 2.43 bits per heavy atom. The van der Waals surface area contributed by atoms with E-state index < -0.39 is 53.2 Å².